The quantitative estimate of drug-likeness (QED) is 0.316. The summed E-state index contributed by atoms with van der Waals surface area (Å²) in [6.45, 7) is 4.92. The van der Waals surface area contributed by atoms with Gasteiger partial charge in [-0.05, 0) is 12.8 Å². The van der Waals surface area contributed by atoms with Crippen molar-refractivity contribution in [1.82, 2.24) is 9.90 Å². The molecule has 1 rings (SSSR count). The van der Waals surface area contributed by atoms with E-state index in [4.69, 9.17) is 4.74 Å². The van der Waals surface area contributed by atoms with Crippen LogP contribution in [-0.4, -0.2) is 15.9 Å². The Labute approximate surface area is 141 Å². The third-order valence-corrected chi connectivity index (χ3v) is 4.13. The highest BCUT2D eigenvalue weighted by Gasteiger charge is 2.13. The first kappa shape index (κ1) is 19.7. The van der Waals surface area contributed by atoms with Gasteiger partial charge in [-0.25, -0.2) is 0 Å². The molecule has 0 bridgehead atoms. The van der Waals surface area contributed by atoms with Gasteiger partial charge in [-0.1, -0.05) is 58.3 Å². The third-order valence-electron chi connectivity index (χ3n) is 4.13. The van der Waals surface area contributed by atoms with Crippen LogP contribution >= 0.6 is 0 Å². The zero-order chi connectivity index (χ0) is 16.9. The van der Waals surface area contributed by atoms with Crippen molar-refractivity contribution in [3.63, 3.8) is 0 Å². The molecule has 5 nitrogen and oxygen atoms in total. The Morgan fingerprint density at radius 3 is 2.22 bits per heavy atom. The van der Waals surface area contributed by atoms with E-state index in [1.165, 1.54) is 64.7 Å². The second-order valence-electron chi connectivity index (χ2n) is 6.36. The minimum Gasteiger partial charge on any atom is -0.457 e. The van der Waals surface area contributed by atoms with Gasteiger partial charge in [-0.15, -0.1) is 9.36 Å². The lowest BCUT2D eigenvalue weighted by Crippen LogP contribution is -2.35. The Morgan fingerprint density at radius 2 is 1.65 bits per heavy atom. The summed E-state index contributed by atoms with van der Waals surface area (Å²) in [6.07, 6.45) is 15.4. The van der Waals surface area contributed by atoms with Crippen molar-refractivity contribution in [1.29, 1.82) is 0 Å². The number of nitrogens with zero attached hydrogens (tertiary/aromatic N) is 3. The summed E-state index contributed by atoms with van der Waals surface area (Å²) in [5, 5.41) is 4.41. The van der Waals surface area contributed by atoms with Crippen LogP contribution < -0.4 is 4.68 Å². The summed E-state index contributed by atoms with van der Waals surface area (Å²) in [5.41, 5.74) is 0.923. The molecule has 0 radical (unpaired) electrons. The van der Waals surface area contributed by atoms with Crippen molar-refractivity contribution >= 4 is 5.97 Å². The molecule has 1 heterocycles. The number of esters is 1. The molecule has 5 heteroatoms. The zero-order valence-electron chi connectivity index (χ0n) is 15.2. The summed E-state index contributed by atoms with van der Waals surface area (Å²) in [4.78, 5) is 10.8. The summed E-state index contributed by atoms with van der Waals surface area (Å²) in [6, 6.07) is 0. The molecule has 132 valence electrons. The summed E-state index contributed by atoms with van der Waals surface area (Å²) >= 11 is 0. The number of hydrogen-bond donors (Lipinski definition) is 0. The van der Waals surface area contributed by atoms with Gasteiger partial charge in [-0.2, -0.15) is 0 Å². The van der Waals surface area contributed by atoms with Crippen LogP contribution in [0.2, 0.25) is 0 Å². The SMILES string of the molecule is CCCCCCCCCCCC[n+]1cc(COC(C)=O)n(C)n1. The molecular formula is C18H34N3O2+. The molecule has 0 spiro atoms. The number of aromatic nitrogens is 3. The molecule has 0 fully saturated rings. The van der Waals surface area contributed by atoms with Gasteiger partial charge in [-0.3, -0.25) is 4.79 Å². The molecule has 0 aliphatic heterocycles. The molecule has 0 aliphatic rings. The fourth-order valence-electron chi connectivity index (χ4n) is 2.69. The molecule has 0 saturated heterocycles. The lowest BCUT2D eigenvalue weighted by atomic mass is 10.1. The van der Waals surface area contributed by atoms with Crippen molar-refractivity contribution in [3.05, 3.63) is 11.9 Å². The zero-order valence-corrected chi connectivity index (χ0v) is 15.2. The van der Waals surface area contributed by atoms with E-state index in [0.717, 1.165) is 18.7 Å². The Balaban J connectivity index is 2.05. The maximum Gasteiger partial charge on any atom is 0.303 e. The van der Waals surface area contributed by atoms with E-state index < -0.39 is 0 Å². The highest BCUT2D eigenvalue weighted by molar-refractivity contribution is 5.65. The summed E-state index contributed by atoms with van der Waals surface area (Å²) in [7, 11) is 1.88. The van der Waals surface area contributed by atoms with Crippen molar-refractivity contribution in [2.24, 2.45) is 7.05 Å². The largest absolute Gasteiger partial charge is 0.457 e. The molecular weight excluding hydrogens is 290 g/mol. The predicted molar refractivity (Wildman–Crippen MR) is 90.7 cm³/mol. The van der Waals surface area contributed by atoms with E-state index >= 15 is 0 Å². The van der Waals surface area contributed by atoms with Gasteiger partial charge in [0.25, 0.3) is 0 Å². The van der Waals surface area contributed by atoms with Crippen LogP contribution in [0.4, 0.5) is 0 Å². The average Bonchev–Trinajstić information content (AvgIpc) is 2.87. The molecule has 1 aromatic heterocycles. The van der Waals surface area contributed by atoms with Crippen molar-refractivity contribution in [2.75, 3.05) is 0 Å². The molecule has 0 N–H and O–H groups in total. The Bertz CT molecular complexity index is 443. The van der Waals surface area contributed by atoms with Crippen LogP contribution in [0.5, 0.6) is 0 Å². The minimum absolute atomic E-state index is 0.257. The number of carbonyl (C=O) groups excluding carboxylic acids is 1. The molecule has 0 aromatic carbocycles. The maximum absolute atomic E-state index is 10.8. The highest BCUT2D eigenvalue weighted by atomic mass is 16.5. The fourth-order valence-corrected chi connectivity index (χ4v) is 2.69. The number of ether oxygens (including phenoxy) is 1. The van der Waals surface area contributed by atoms with Crippen LogP contribution in [0.25, 0.3) is 0 Å². The number of aryl methyl sites for hydroxylation is 2. The van der Waals surface area contributed by atoms with Gasteiger partial charge in [0.15, 0.2) is 12.8 Å². The maximum atomic E-state index is 10.8. The van der Waals surface area contributed by atoms with Crippen LogP contribution in [0.1, 0.15) is 83.7 Å². The van der Waals surface area contributed by atoms with E-state index in [1.807, 2.05) is 17.9 Å². The highest BCUT2D eigenvalue weighted by Crippen LogP contribution is 2.10. The minimum atomic E-state index is -0.257. The summed E-state index contributed by atoms with van der Waals surface area (Å²) < 4.78 is 8.74. The van der Waals surface area contributed by atoms with Crippen LogP contribution in [0, 0.1) is 0 Å². The lowest BCUT2D eigenvalue weighted by Gasteiger charge is -2.01. The van der Waals surface area contributed by atoms with Crippen LogP contribution in [0.15, 0.2) is 6.20 Å². The van der Waals surface area contributed by atoms with E-state index in [2.05, 4.69) is 12.1 Å². The van der Waals surface area contributed by atoms with E-state index in [1.54, 1.807) is 4.68 Å². The molecule has 0 atom stereocenters. The third kappa shape index (κ3) is 9.36. The molecule has 1 aromatic rings. The molecule has 0 unspecified atom stereocenters. The first-order valence-corrected chi connectivity index (χ1v) is 9.19. The van der Waals surface area contributed by atoms with Gasteiger partial charge in [0.1, 0.15) is 13.6 Å². The standard InChI is InChI=1S/C18H34N3O2/c1-4-5-6-7-8-9-10-11-12-13-14-21-15-18(20(3)19-21)16-23-17(2)22/h15H,4-14,16H2,1-3H3/q+1. The fraction of sp³-hybridized carbons (Fsp3) is 0.833. The Kier molecular flexibility index (Phi) is 10.3. The molecule has 0 saturated carbocycles. The van der Waals surface area contributed by atoms with Crippen LogP contribution in [-0.2, 0) is 29.7 Å². The monoisotopic (exact) mass is 324 g/mol. The van der Waals surface area contributed by atoms with Crippen molar-refractivity contribution in [2.45, 2.75) is 91.2 Å². The molecule has 0 amide bonds. The van der Waals surface area contributed by atoms with Crippen molar-refractivity contribution < 1.29 is 14.2 Å². The summed E-state index contributed by atoms with van der Waals surface area (Å²) in [5.74, 6) is -0.257. The predicted octanol–water partition coefficient (Wildman–Crippen LogP) is 3.69. The second-order valence-corrected chi connectivity index (χ2v) is 6.36. The van der Waals surface area contributed by atoms with Gasteiger partial charge in [0.05, 0.1) is 5.21 Å². The molecule has 0 aliphatic carbocycles. The Morgan fingerprint density at radius 1 is 1.09 bits per heavy atom. The average molecular weight is 324 g/mol. The topological polar surface area (TPSA) is 48.0 Å². The number of unbranched alkanes of at least 4 members (excludes halogenated alkanes) is 9. The van der Waals surface area contributed by atoms with Gasteiger partial charge < -0.3 is 4.74 Å². The Hall–Kier alpha value is -1.39. The number of rotatable bonds is 13. The van der Waals surface area contributed by atoms with E-state index in [0.29, 0.717) is 6.61 Å². The smallest absolute Gasteiger partial charge is 0.303 e. The van der Waals surface area contributed by atoms with Crippen LogP contribution in [0.3, 0.4) is 0 Å². The number of carbonyl (C=O) groups is 1. The first-order valence-electron chi connectivity index (χ1n) is 9.19. The number of hydrogen-bond acceptors (Lipinski definition) is 3. The first-order chi connectivity index (χ1) is 11.1. The second kappa shape index (κ2) is 12.1. The van der Waals surface area contributed by atoms with Crippen molar-refractivity contribution in [3.8, 4) is 0 Å². The normalized spacial score (nSPS) is 10.9. The molecule has 23 heavy (non-hydrogen) atoms. The van der Waals surface area contributed by atoms with Gasteiger partial charge in [0, 0.05) is 6.92 Å². The van der Waals surface area contributed by atoms with Gasteiger partial charge >= 0.3 is 5.97 Å². The lowest BCUT2D eigenvalue weighted by molar-refractivity contribution is -0.755. The van der Waals surface area contributed by atoms with Gasteiger partial charge in [0.2, 0.25) is 5.69 Å². The van der Waals surface area contributed by atoms with E-state index in [9.17, 15) is 4.79 Å². The van der Waals surface area contributed by atoms with E-state index in [-0.39, 0.29) is 5.97 Å².